The number of aromatic nitrogens is 1. The van der Waals surface area contributed by atoms with Crippen LogP contribution in [0.5, 0.6) is 0 Å². The SMILES string of the molecule is CC(C)(C)[C@H](c1cc(-c2cc(F)ccc2F)cn1Cc1ccccc1)N(CC[C@H](N[C@@H](CC(N)=O)C(=O)O)C(=O)NCCNC(=O)CN1C(=O)C=CC1=O)C(=O)CO. The topological polar surface area (TPSA) is 233 Å². The number of carboxylic acids is 1. The Morgan fingerprint density at radius 1 is 0.914 bits per heavy atom. The maximum absolute atomic E-state index is 15.1. The summed E-state index contributed by atoms with van der Waals surface area (Å²) in [6.07, 6.45) is 2.73. The van der Waals surface area contributed by atoms with E-state index in [4.69, 9.17) is 5.73 Å². The first kappa shape index (κ1) is 44.4. The van der Waals surface area contributed by atoms with Crippen LogP contribution in [0.1, 0.15) is 50.9 Å². The van der Waals surface area contributed by atoms with Crippen molar-refractivity contribution >= 4 is 41.4 Å². The van der Waals surface area contributed by atoms with Crippen LogP contribution in [0.2, 0.25) is 0 Å². The maximum Gasteiger partial charge on any atom is 0.321 e. The molecule has 0 fully saturated rings. The van der Waals surface area contributed by atoms with Gasteiger partial charge < -0.3 is 36.0 Å². The molecule has 0 aliphatic carbocycles. The summed E-state index contributed by atoms with van der Waals surface area (Å²) in [6.45, 7) is 3.62. The predicted octanol–water partition coefficient (Wildman–Crippen LogP) is 1.22. The largest absolute Gasteiger partial charge is 0.480 e. The number of amides is 6. The number of carbonyl (C=O) groups is 7. The molecule has 0 unspecified atom stereocenters. The maximum atomic E-state index is 15.1. The van der Waals surface area contributed by atoms with Crippen LogP contribution in [-0.2, 0) is 40.1 Å². The molecular weight excluding hydrogens is 760 g/mol. The Morgan fingerprint density at radius 3 is 2.17 bits per heavy atom. The third-order valence-corrected chi connectivity index (χ3v) is 9.26. The summed E-state index contributed by atoms with van der Waals surface area (Å²) >= 11 is 0. The Hall–Kier alpha value is -6.27. The Labute approximate surface area is 333 Å². The molecule has 2 heterocycles. The van der Waals surface area contributed by atoms with Gasteiger partial charge in [-0.05, 0) is 41.7 Å². The van der Waals surface area contributed by atoms with Gasteiger partial charge >= 0.3 is 5.97 Å². The molecular formula is C40H47F2N7O9. The van der Waals surface area contributed by atoms with E-state index in [0.29, 0.717) is 11.3 Å². The van der Waals surface area contributed by atoms with Crippen molar-refractivity contribution in [1.29, 1.82) is 0 Å². The number of carboxylic acid groups (broad SMARTS) is 1. The summed E-state index contributed by atoms with van der Waals surface area (Å²) in [4.78, 5) is 89.2. The highest BCUT2D eigenvalue weighted by Gasteiger charge is 2.38. The number of nitrogens with one attached hydrogen (secondary N) is 3. The summed E-state index contributed by atoms with van der Waals surface area (Å²) < 4.78 is 31.3. The number of aliphatic carboxylic acids is 1. The Kier molecular flexibility index (Phi) is 15.1. The molecule has 7 N–H and O–H groups in total. The number of nitrogens with two attached hydrogens (primary N) is 1. The van der Waals surface area contributed by atoms with Crippen molar-refractivity contribution in [2.75, 3.05) is 32.8 Å². The third-order valence-electron chi connectivity index (χ3n) is 9.26. The molecule has 16 nitrogen and oxygen atoms in total. The fourth-order valence-electron chi connectivity index (χ4n) is 6.62. The van der Waals surface area contributed by atoms with Gasteiger partial charge in [0.2, 0.25) is 23.6 Å². The van der Waals surface area contributed by atoms with Crippen LogP contribution < -0.4 is 21.7 Å². The van der Waals surface area contributed by atoms with Gasteiger partial charge in [-0.25, -0.2) is 8.78 Å². The minimum atomic E-state index is -1.62. The van der Waals surface area contributed by atoms with E-state index in [1.165, 1.54) is 4.90 Å². The molecule has 58 heavy (non-hydrogen) atoms. The molecule has 2 aromatic carbocycles. The van der Waals surface area contributed by atoms with Gasteiger partial charge in [-0.15, -0.1) is 0 Å². The fraction of sp³-hybridized carbons (Fsp3) is 0.375. The van der Waals surface area contributed by atoms with Gasteiger partial charge in [-0.2, -0.15) is 0 Å². The smallest absolute Gasteiger partial charge is 0.321 e. The van der Waals surface area contributed by atoms with Crippen molar-refractivity contribution in [2.45, 2.75) is 58.3 Å². The zero-order chi connectivity index (χ0) is 42.7. The number of aliphatic hydroxyl groups excluding tert-OH is 1. The highest BCUT2D eigenvalue weighted by molar-refractivity contribution is 6.14. The Morgan fingerprint density at radius 2 is 1.57 bits per heavy atom. The minimum Gasteiger partial charge on any atom is -0.480 e. The summed E-state index contributed by atoms with van der Waals surface area (Å²) in [7, 11) is 0. The molecule has 1 aliphatic heterocycles. The fourth-order valence-corrected chi connectivity index (χ4v) is 6.62. The molecule has 0 spiro atoms. The van der Waals surface area contributed by atoms with Crippen molar-refractivity contribution in [3.05, 3.63) is 95.8 Å². The molecule has 1 aliphatic rings. The number of hydrogen-bond donors (Lipinski definition) is 6. The van der Waals surface area contributed by atoms with Crippen molar-refractivity contribution in [1.82, 2.24) is 30.3 Å². The number of aliphatic hydroxyl groups is 1. The second-order valence-electron chi connectivity index (χ2n) is 14.7. The van der Waals surface area contributed by atoms with Gasteiger partial charge in [0.15, 0.2) is 0 Å². The number of benzene rings is 2. The second-order valence-corrected chi connectivity index (χ2v) is 14.7. The quantitative estimate of drug-likeness (QED) is 0.0706. The zero-order valence-corrected chi connectivity index (χ0v) is 32.2. The summed E-state index contributed by atoms with van der Waals surface area (Å²) in [5.74, 6) is -7.34. The third kappa shape index (κ3) is 11.9. The number of primary amides is 1. The molecule has 3 atom stereocenters. The van der Waals surface area contributed by atoms with Gasteiger partial charge in [0.1, 0.15) is 30.8 Å². The molecule has 6 amide bonds. The van der Waals surface area contributed by atoms with Gasteiger partial charge in [0.25, 0.3) is 11.8 Å². The first-order valence-corrected chi connectivity index (χ1v) is 18.3. The number of nitrogens with zero attached hydrogens (tertiary/aromatic N) is 3. The van der Waals surface area contributed by atoms with Crippen LogP contribution >= 0.6 is 0 Å². The van der Waals surface area contributed by atoms with Crippen LogP contribution in [0.15, 0.2) is 72.9 Å². The van der Waals surface area contributed by atoms with Gasteiger partial charge in [-0.1, -0.05) is 51.1 Å². The molecule has 0 bridgehead atoms. The highest BCUT2D eigenvalue weighted by Crippen LogP contribution is 2.41. The van der Waals surface area contributed by atoms with E-state index in [9.17, 15) is 48.2 Å². The molecule has 1 aromatic heterocycles. The van der Waals surface area contributed by atoms with E-state index in [2.05, 4.69) is 16.0 Å². The van der Waals surface area contributed by atoms with E-state index in [1.54, 1.807) is 16.8 Å². The number of rotatable bonds is 20. The van der Waals surface area contributed by atoms with Gasteiger partial charge in [0, 0.05) is 61.3 Å². The monoisotopic (exact) mass is 807 g/mol. The molecule has 4 rings (SSSR count). The van der Waals surface area contributed by atoms with E-state index in [0.717, 1.165) is 40.8 Å². The predicted molar refractivity (Wildman–Crippen MR) is 205 cm³/mol. The average Bonchev–Trinajstić information content (AvgIpc) is 3.71. The van der Waals surface area contributed by atoms with Crippen molar-refractivity contribution in [3.63, 3.8) is 0 Å². The van der Waals surface area contributed by atoms with E-state index >= 15 is 4.39 Å². The Balaban J connectivity index is 1.65. The van der Waals surface area contributed by atoms with Crippen molar-refractivity contribution in [2.24, 2.45) is 11.1 Å². The highest BCUT2D eigenvalue weighted by atomic mass is 19.1. The average molecular weight is 808 g/mol. The number of carbonyl (C=O) groups excluding carboxylic acids is 6. The number of imide groups is 1. The lowest BCUT2D eigenvalue weighted by atomic mass is 9.82. The standard InChI is InChI=1S/C40H47F2N7O9/c1-40(2,3)37(31-17-25(27-18-26(41)9-10-28(27)42)21-47(31)20-24-7-5-4-6-8-24)48(36(55)23-50)16-13-29(46-30(39(57)58)19-32(43)51)38(56)45-15-14-44-33(52)22-49-34(53)11-12-35(49)54/h4-12,17-18,21,29-30,37,46,50H,13-16,19-20,22-23H2,1-3H3,(H2,43,51)(H,44,52)(H,45,56)(H,57,58)/t29-,30-,37-/m0/s1. The molecule has 0 saturated carbocycles. The van der Waals surface area contributed by atoms with Gasteiger partial charge in [0.05, 0.1) is 18.5 Å². The first-order valence-electron chi connectivity index (χ1n) is 18.3. The van der Waals surface area contributed by atoms with E-state index in [1.807, 2.05) is 51.1 Å². The van der Waals surface area contributed by atoms with Crippen molar-refractivity contribution < 1.29 is 52.6 Å². The Bertz CT molecular complexity index is 2030. The molecule has 18 heteroatoms. The summed E-state index contributed by atoms with van der Waals surface area (Å²) in [5, 5.41) is 27.7. The lowest BCUT2D eigenvalue weighted by Crippen LogP contribution is -2.54. The molecule has 0 saturated heterocycles. The van der Waals surface area contributed by atoms with Crippen LogP contribution in [0, 0.1) is 17.0 Å². The van der Waals surface area contributed by atoms with Crippen molar-refractivity contribution in [3.8, 4) is 11.1 Å². The number of halogens is 2. The zero-order valence-electron chi connectivity index (χ0n) is 32.2. The van der Waals surface area contributed by atoms with Crippen LogP contribution in [-0.4, -0.2) is 111 Å². The second kappa shape index (κ2) is 19.7. The number of hydrogen-bond acceptors (Lipinski definition) is 9. The van der Waals surface area contributed by atoms with Crippen LogP contribution in [0.3, 0.4) is 0 Å². The van der Waals surface area contributed by atoms with E-state index in [-0.39, 0.29) is 38.2 Å². The molecule has 310 valence electrons. The van der Waals surface area contributed by atoms with Gasteiger partial charge in [-0.3, -0.25) is 43.8 Å². The van der Waals surface area contributed by atoms with Crippen LogP contribution in [0.4, 0.5) is 8.78 Å². The lowest BCUT2D eigenvalue weighted by Gasteiger charge is -2.41. The summed E-state index contributed by atoms with van der Waals surface area (Å²) in [5.41, 5.74) is 6.09. The first-order chi connectivity index (χ1) is 27.4. The normalized spacial score (nSPS) is 14.2. The summed E-state index contributed by atoms with van der Waals surface area (Å²) in [6, 6.07) is 10.0. The minimum absolute atomic E-state index is 0.0259. The molecule has 0 radical (unpaired) electrons. The lowest BCUT2D eigenvalue weighted by molar-refractivity contribution is -0.143. The molecule has 3 aromatic rings. The van der Waals surface area contributed by atoms with E-state index < -0.39 is 96.2 Å². The van der Waals surface area contributed by atoms with Crippen LogP contribution in [0.25, 0.3) is 11.1 Å².